The van der Waals surface area contributed by atoms with Crippen molar-refractivity contribution in [3.63, 3.8) is 0 Å². The smallest absolute Gasteiger partial charge is 0.125 e. The van der Waals surface area contributed by atoms with Crippen LogP contribution in [0.5, 0.6) is 0 Å². The highest BCUT2D eigenvalue weighted by Crippen LogP contribution is 2.30. The van der Waals surface area contributed by atoms with E-state index in [-0.39, 0.29) is 11.5 Å². The Labute approximate surface area is 239 Å². The minimum absolute atomic E-state index is 0.0389. The van der Waals surface area contributed by atoms with Gasteiger partial charge in [0.25, 0.3) is 0 Å². The molecule has 0 spiro atoms. The molecule has 3 aromatic rings. The molecule has 0 radical (unpaired) electrons. The molecular formula is C33H41Cl2N3. The van der Waals surface area contributed by atoms with Gasteiger partial charge in [-0.15, -0.1) is 0 Å². The summed E-state index contributed by atoms with van der Waals surface area (Å²) in [5.74, 6) is 1.50. The van der Waals surface area contributed by atoms with E-state index in [4.69, 9.17) is 23.2 Å². The topological polar surface area (TPSA) is 37.0 Å². The zero-order valence-corrected chi connectivity index (χ0v) is 24.7. The number of nitrogens with zero attached hydrogens (tertiary/aromatic N) is 1. The number of benzene rings is 2. The largest absolute Gasteiger partial charge is 0.378 e. The van der Waals surface area contributed by atoms with Gasteiger partial charge in [0.15, 0.2) is 0 Å². The highest BCUT2D eigenvalue weighted by Gasteiger charge is 2.22. The molecule has 0 saturated heterocycles. The zero-order chi connectivity index (χ0) is 27.7. The van der Waals surface area contributed by atoms with Crippen molar-refractivity contribution in [1.82, 2.24) is 10.3 Å². The Balaban J connectivity index is 1.58. The third-order valence-electron chi connectivity index (χ3n) is 6.92. The Morgan fingerprint density at radius 1 is 0.921 bits per heavy atom. The van der Waals surface area contributed by atoms with Gasteiger partial charge in [-0.3, -0.25) is 0 Å². The van der Waals surface area contributed by atoms with Gasteiger partial charge in [-0.1, -0.05) is 106 Å². The lowest BCUT2D eigenvalue weighted by atomic mass is 9.81. The van der Waals surface area contributed by atoms with E-state index in [2.05, 4.69) is 80.7 Å². The molecule has 3 rings (SSSR count). The number of hydrogen-bond donors (Lipinski definition) is 2. The predicted molar refractivity (Wildman–Crippen MR) is 166 cm³/mol. The minimum Gasteiger partial charge on any atom is -0.378 e. The minimum atomic E-state index is 0.0389. The number of anilines is 1. The van der Waals surface area contributed by atoms with Crippen LogP contribution < -0.4 is 10.6 Å². The maximum absolute atomic E-state index is 6.41. The van der Waals surface area contributed by atoms with Crippen molar-refractivity contribution >= 4 is 34.7 Å². The quantitative estimate of drug-likeness (QED) is 0.197. The number of rotatable bonds is 14. The molecule has 1 heterocycles. The van der Waals surface area contributed by atoms with Crippen LogP contribution in [0.15, 0.2) is 85.6 Å². The molecule has 0 aliphatic rings. The summed E-state index contributed by atoms with van der Waals surface area (Å²) in [6, 6.07) is 20.5. The standard InChI is InChI=1S/C33H41Cl2N3/c1-7-24(3)30(38-25(4)32-28(34)11-10-12-29(32)35)20-27-16-14-26(15-17-27)19-23(2)21-33(5,6)22-37-31-13-8-9-18-36-31/h8-18,23,30,38H,3-4,7,19-22H2,1-2,5-6H3,(H,36,37). The summed E-state index contributed by atoms with van der Waals surface area (Å²) in [7, 11) is 0. The molecule has 2 unspecified atom stereocenters. The zero-order valence-electron chi connectivity index (χ0n) is 23.2. The first-order valence-electron chi connectivity index (χ1n) is 13.4. The van der Waals surface area contributed by atoms with Gasteiger partial charge in [-0.25, -0.2) is 4.98 Å². The highest BCUT2D eigenvalue weighted by atomic mass is 35.5. The molecule has 38 heavy (non-hydrogen) atoms. The molecule has 0 saturated carbocycles. The van der Waals surface area contributed by atoms with Crippen molar-refractivity contribution in [2.75, 3.05) is 11.9 Å². The number of aromatic nitrogens is 1. The van der Waals surface area contributed by atoms with Gasteiger partial charge < -0.3 is 10.6 Å². The average molecular weight is 551 g/mol. The van der Waals surface area contributed by atoms with Gasteiger partial charge >= 0.3 is 0 Å². The SMILES string of the molecule is C=C(NC(Cc1ccc(CC(C)CC(C)(C)CNc2ccccn2)cc1)C(=C)CC)c1c(Cl)cccc1Cl. The monoisotopic (exact) mass is 549 g/mol. The van der Waals surface area contributed by atoms with E-state index in [1.54, 1.807) is 0 Å². The summed E-state index contributed by atoms with van der Waals surface area (Å²) in [4.78, 5) is 4.37. The van der Waals surface area contributed by atoms with Crippen molar-refractivity contribution in [3.05, 3.63) is 112 Å². The van der Waals surface area contributed by atoms with Crippen LogP contribution in [0.25, 0.3) is 5.70 Å². The molecule has 202 valence electrons. The van der Waals surface area contributed by atoms with E-state index >= 15 is 0 Å². The number of halogens is 2. The van der Waals surface area contributed by atoms with Crippen molar-refractivity contribution in [2.45, 2.75) is 59.4 Å². The van der Waals surface area contributed by atoms with Crippen molar-refractivity contribution in [2.24, 2.45) is 11.3 Å². The maximum Gasteiger partial charge on any atom is 0.125 e. The Kier molecular flexibility index (Phi) is 10.9. The van der Waals surface area contributed by atoms with Gasteiger partial charge in [0, 0.05) is 24.0 Å². The van der Waals surface area contributed by atoms with Crippen molar-refractivity contribution < 1.29 is 0 Å². The average Bonchev–Trinajstić information content (AvgIpc) is 2.88. The second-order valence-corrected chi connectivity index (χ2v) is 11.9. The summed E-state index contributed by atoms with van der Waals surface area (Å²) in [6.07, 6.45) is 5.70. The van der Waals surface area contributed by atoms with Crippen LogP contribution in [0, 0.1) is 11.3 Å². The number of hydrogen-bond acceptors (Lipinski definition) is 3. The first kappa shape index (κ1) is 29.8. The van der Waals surface area contributed by atoms with E-state index in [0.29, 0.717) is 21.7 Å². The molecular weight excluding hydrogens is 509 g/mol. The molecule has 0 amide bonds. The second-order valence-electron chi connectivity index (χ2n) is 11.1. The highest BCUT2D eigenvalue weighted by molar-refractivity contribution is 6.37. The first-order chi connectivity index (χ1) is 18.1. The molecule has 0 aliphatic heterocycles. The number of pyridine rings is 1. The van der Waals surface area contributed by atoms with Crippen LogP contribution in [-0.2, 0) is 12.8 Å². The van der Waals surface area contributed by atoms with Crippen molar-refractivity contribution in [3.8, 4) is 0 Å². The summed E-state index contributed by atoms with van der Waals surface area (Å²) in [5, 5.41) is 8.19. The fourth-order valence-electron chi connectivity index (χ4n) is 4.95. The van der Waals surface area contributed by atoms with Crippen LogP contribution in [-0.4, -0.2) is 17.6 Å². The van der Waals surface area contributed by atoms with Gasteiger partial charge in [0.05, 0.1) is 16.1 Å². The second kappa shape index (κ2) is 13.9. The molecule has 5 heteroatoms. The number of nitrogens with one attached hydrogen (secondary N) is 2. The third-order valence-corrected chi connectivity index (χ3v) is 7.55. The molecule has 3 nitrogen and oxygen atoms in total. The molecule has 1 aromatic heterocycles. The summed E-state index contributed by atoms with van der Waals surface area (Å²) in [5.41, 5.74) is 5.36. The van der Waals surface area contributed by atoms with Gasteiger partial charge in [-0.2, -0.15) is 0 Å². The lowest BCUT2D eigenvalue weighted by Crippen LogP contribution is -2.31. The molecule has 0 aliphatic carbocycles. The Morgan fingerprint density at radius 3 is 2.13 bits per heavy atom. The Hall–Kier alpha value is -2.75. The van der Waals surface area contributed by atoms with Crippen LogP contribution in [0.1, 0.15) is 57.2 Å². The molecule has 2 atom stereocenters. The van der Waals surface area contributed by atoms with E-state index in [1.807, 2.05) is 42.6 Å². The van der Waals surface area contributed by atoms with Gasteiger partial charge in [-0.05, 0) is 72.4 Å². The molecule has 0 fully saturated rings. The van der Waals surface area contributed by atoms with E-state index in [0.717, 1.165) is 49.2 Å². The van der Waals surface area contributed by atoms with Crippen LogP contribution >= 0.6 is 23.2 Å². The fraction of sp³-hybridized carbons (Fsp3) is 0.364. The summed E-state index contributed by atoms with van der Waals surface area (Å²) in [6.45, 7) is 18.5. The Morgan fingerprint density at radius 2 is 1.55 bits per heavy atom. The summed E-state index contributed by atoms with van der Waals surface area (Å²) < 4.78 is 0. The van der Waals surface area contributed by atoms with Crippen LogP contribution in [0.4, 0.5) is 5.82 Å². The van der Waals surface area contributed by atoms with E-state index < -0.39 is 0 Å². The van der Waals surface area contributed by atoms with Gasteiger partial charge in [0.1, 0.15) is 5.82 Å². The summed E-state index contributed by atoms with van der Waals surface area (Å²) >= 11 is 12.8. The molecule has 2 aromatic carbocycles. The van der Waals surface area contributed by atoms with Crippen LogP contribution in [0.3, 0.4) is 0 Å². The molecule has 0 bridgehead atoms. The van der Waals surface area contributed by atoms with E-state index in [1.165, 1.54) is 11.1 Å². The Bertz CT molecular complexity index is 1180. The normalized spacial score (nSPS) is 13.0. The lowest BCUT2D eigenvalue weighted by molar-refractivity contribution is 0.293. The fourth-order valence-corrected chi connectivity index (χ4v) is 5.57. The third kappa shape index (κ3) is 8.92. The maximum atomic E-state index is 6.41. The predicted octanol–water partition coefficient (Wildman–Crippen LogP) is 9.23. The van der Waals surface area contributed by atoms with E-state index in [9.17, 15) is 0 Å². The van der Waals surface area contributed by atoms with Crippen molar-refractivity contribution in [1.29, 1.82) is 0 Å². The van der Waals surface area contributed by atoms with Gasteiger partial charge in [0.2, 0.25) is 0 Å². The first-order valence-corrected chi connectivity index (χ1v) is 14.1. The molecule has 2 N–H and O–H groups in total. The lowest BCUT2D eigenvalue weighted by Gasteiger charge is -2.29. The van der Waals surface area contributed by atoms with Crippen LogP contribution in [0.2, 0.25) is 10.0 Å².